The first kappa shape index (κ1) is 10.5. The van der Waals surface area contributed by atoms with Crippen molar-refractivity contribution in [2.75, 3.05) is 39.2 Å². The Morgan fingerprint density at radius 3 is 2.40 bits per heavy atom. The standard InChI is InChI=1S/C12H18N2O/c1-13(2)11-6-4-10(5-7-11)12-14(3)8-9-15-12/h4-7,12H,8-9H2,1-3H3/t12-/m1/s1. The molecule has 3 heteroatoms. The fourth-order valence-electron chi connectivity index (χ4n) is 1.84. The van der Waals surface area contributed by atoms with Gasteiger partial charge in [-0.15, -0.1) is 0 Å². The topological polar surface area (TPSA) is 15.7 Å². The molecule has 15 heavy (non-hydrogen) atoms. The van der Waals surface area contributed by atoms with Crippen LogP contribution in [0.4, 0.5) is 5.69 Å². The van der Waals surface area contributed by atoms with Crippen LogP contribution in [0.2, 0.25) is 0 Å². The van der Waals surface area contributed by atoms with Crippen LogP contribution < -0.4 is 4.90 Å². The van der Waals surface area contributed by atoms with Crippen molar-refractivity contribution in [1.29, 1.82) is 0 Å². The Morgan fingerprint density at radius 2 is 1.93 bits per heavy atom. The molecule has 82 valence electrons. The lowest BCUT2D eigenvalue weighted by atomic mass is 10.1. The largest absolute Gasteiger partial charge is 0.378 e. The third-order valence-corrected chi connectivity index (χ3v) is 2.81. The second-order valence-corrected chi connectivity index (χ2v) is 4.19. The van der Waals surface area contributed by atoms with Crippen molar-refractivity contribution in [2.24, 2.45) is 0 Å². The number of anilines is 1. The average Bonchev–Trinajstić information content (AvgIpc) is 2.65. The quantitative estimate of drug-likeness (QED) is 0.732. The maximum absolute atomic E-state index is 5.66. The molecule has 0 bridgehead atoms. The lowest BCUT2D eigenvalue weighted by Crippen LogP contribution is -2.18. The minimum atomic E-state index is 0.140. The van der Waals surface area contributed by atoms with Gasteiger partial charge in [0.2, 0.25) is 0 Å². The number of likely N-dealkylation sites (N-methyl/N-ethyl adjacent to an activating group) is 1. The van der Waals surface area contributed by atoms with Crippen LogP contribution in [-0.4, -0.2) is 39.2 Å². The van der Waals surface area contributed by atoms with Gasteiger partial charge in [-0.3, -0.25) is 4.90 Å². The Kier molecular flexibility index (Phi) is 2.93. The third-order valence-electron chi connectivity index (χ3n) is 2.81. The number of rotatable bonds is 2. The van der Waals surface area contributed by atoms with Crippen molar-refractivity contribution in [3.05, 3.63) is 29.8 Å². The molecule has 0 radical (unpaired) electrons. The first-order chi connectivity index (χ1) is 7.18. The third kappa shape index (κ3) is 2.13. The van der Waals surface area contributed by atoms with Crippen LogP contribution in [0, 0.1) is 0 Å². The van der Waals surface area contributed by atoms with Gasteiger partial charge in [0.05, 0.1) is 6.61 Å². The van der Waals surface area contributed by atoms with Crippen molar-refractivity contribution < 1.29 is 4.74 Å². The predicted molar refractivity (Wildman–Crippen MR) is 62.1 cm³/mol. The molecule has 0 unspecified atom stereocenters. The molecule has 2 rings (SSSR count). The maximum atomic E-state index is 5.66. The van der Waals surface area contributed by atoms with Crippen LogP contribution in [0.5, 0.6) is 0 Å². The molecule has 1 aromatic rings. The Bertz CT molecular complexity index is 321. The molecule has 0 aromatic heterocycles. The summed E-state index contributed by atoms with van der Waals surface area (Å²) in [5.74, 6) is 0. The molecule has 0 N–H and O–H groups in total. The molecule has 0 spiro atoms. The molecule has 1 aliphatic heterocycles. The molecular weight excluding hydrogens is 188 g/mol. The molecule has 1 heterocycles. The van der Waals surface area contributed by atoms with Crippen LogP contribution in [0.3, 0.4) is 0 Å². The molecule has 1 atom stereocenters. The monoisotopic (exact) mass is 206 g/mol. The first-order valence-electron chi connectivity index (χ1n) is 5.27. The molecule has 0 aliphatic carbocycles. The smallest absolute Gasteiger partial charge is 0.136 e. The van der Waals surface area contributed by atoms with Gasteiger partial charge in [0.1, 0.15) is 6.23 Å². The number of hydrogen-bond acceptors (Lipinski definition) is 3. The minimum Gasteiger partial charge on any atom is -0.378 e. The van der Waals surface area contributed by atoms with Crippen molar-refractivity contribution in [3.8, 4) is 0 Å². The van der Waals surface area contributed by atoms with E-state index in [1.807, 2.05) is 14.1 Å². The summed E-state index contributed by atoms with van der Waals surface area (Å²) < 4.78 is 5.66. The van der Waals surface area contributed by atoms with Crippen LogP contribution in [0.1, 0.15) is 11.8 Å². The molecule has 1 fully saturated rings. The lowest BCUT2D eigenvalue weighted by Gasteiger charge is -2.19. The average molecular weight is 206 g/mol. The van der Waals surface area contributed by atoms with Gasteiger partial charge < -0.3 is 9.64 Å². The van der Waals surface area contributed by atoms with E-state index in [9.17, 15) is 0 Å². The van der Waals surface area contributed by atoms with E-state index in [0.717, 1.165) is 13.2 Å². The summed E-state index contributed by atoms with van der Waals surface area (Å²) in [4.78, 5) is 4.33. The molecular formula is C12H18N2O. The maximum Gasteiger partial charge on any atom is 0.136 e. The highest BCUT2D eigenvalue weighted by Crippen LogP contribution is 2.26. The van der Waals surface area contributed by atoms with E-state index in [1.165, 1.54) is 11.3 Å². The fourth-order valence-corrected chi connectivity index (χ4v) is 1.84. The van der Waals surface area contributed by atoms with Crippen LogP contribution in [0.25, 0.3) is 0 Å². The fraction of sp³-hybridized carbons (Fsp3) is 0.500. The zero-order chi connectivity index (χ0) is 10.8. The number of nitrogens with zero attached hydrogens (tertiary/aromatic N) is 2. The van der Waals surface area contributed by atoms with Gasteiger partial charge in [-0.2, -0.15) is 0 Å². The lowest BCUT2D eigenvalue weighted by molar-refractivity contribution is 0.0454. The van der Waals surface area contributed by atoms with Gasteiger partial charge >= 0.3 is 0 Å². The summed E-state index contributed by atoms with van der Waals surface area (Å²) in [5, 5.41) is 0. The van der Waals surface area contributed by atoms with Crippen LogP contribution >= 0.6 is 0 Å². The molecule has 1 saturated heterocycles. The highest BCUT2D eigenvalue weighted by Gasteiger charge is 2.22. The van der Waals surface area contributed by atoms with Crippen molar-refractivity contribution in [2.45, 2.75) is 6.23 Å². The van der Waals surface area contributed by atoms with Gasteiger partial charge in [-0.1, -0.05) is 12.1 Å². The van der Waals surface area contributed by atoms with Gasteiger partial charge in [0.15, 0.2) is 0 Å². The second-order valence-electron chi connectivity index (χ2n) is 4.19. The Balaban J connectivity index is 2.16. The number of hydrogen-bond donors (Lipinski definition) is 0. The molecule has 0 saturated carbocycles. The molecule has 1 aliphatic rings. The van der Waals surface area contributed by atoms with Gasteiger partial charge in [0, 0.05) is 26.3 Å². The Labute approximate surface area is 91.2 Å². The van der Waals surface area contributed by atoms with Crippen LogP contribution in [0.15, 0.2) is 24.3 Å². The van der Waals surface area contributed by atoms with Gasteiger partial charge in [-0.25, -0.2) is 0 Å². The van der Waals surface area contributed by atoms with E-state index in [4.69, 9.17) is 4.74 Å². The van der Waals surface area contributed by atoms with E-state index in [2.05, 4.69) is 41.1 Å². The normalized spacial score (nSPS) is 21.9. The Hall–Kier alpha value is -1.06. The predicted octanol–water partition coefficient (Wildman–Crippen LogP) is 1.71. The van der Waals surface area contributed by atoms with Crippen molar-refractivity contribution in [3.63, 3.8) is 0 Å². The van der Waals surface area contributed by atoms with Gasteiger partial charge in [-0.05, 0) is 24.7 Å². The zero-order valence-electron chi connectivity index (χ0n) is 9.60. The molecule has 3 nitrogen and oxygen atoms in total. The molecule has 0 amide bonds. The highest BCUT2D eigenvalue weighted by molar-refractivity contribution is 5.46. The second kappa shape index (κ2) is 4.21. The van der Waals surface area contributed by atoms with Crippen molar-refractivity contribution in [1.82, 2.24) is 4.90 Å². The minimum absolute atomic E-state index is 0.140. The summed E-state index contributed by atoms with van der Waals surface area (Å²) in [6, 6.07) is 8.54. The highest BCUT2D eigenvalue weighted by atomic mass is 16.5. The van der Waals surface area contributed by atoms with Crippen molar-refractivity contribution >= 4 is 5.69 Å². The van der Waals surface area contributed by atoms with E-state index in [1.54, 1.807) is 0 Å². The molecule has 1 aromatic carbocycles. The number of ether oxygens (including phenoxy) is 1. The number of benzene rings is 1. The summed E-state index contributed by atoms with van der Waals surface area (Å²) in [7, 11) is 6.19. The Morgan fingerprint density at radius 1 is 1.27 bits per heavy atom. The summed E-state index contributed by atoms with van der Waals surface area (Å²) in [6.07, 6.45) is 0.140. The summed E-state index contributed by atoms with van der Waals surface area (Å²) >= 11 is 0. The van der Waals surface area contributed by atoms with E-state index >= 15 is 0 Å². The van der Waals surface area contributed by atoms with E-state index in [0.29, 0.717) is 0 Å². The summed E-state index contributed by atoms with van der Waals surface area (Å²) in [6.45, 7) is 1.84. The summed E-state index contributed by atoms with van der Waals surface area (Å²) in [5.41, 5.74) is 2.46. The van der Waals surface area contributed by atoms with Gasteiger partial charge in [0.25, 0.3) is 0 Å². The van der Waals surface area contributed by atoms with Crippen LogP contribution in [-0.2, 0) is 4.74 Å². The first-order valence-corrected chi connectivity index (χ1v) is 5.27. The van der Waals surface area contributed by atoms with E-state index < -0.39 is 0 Å². The zero-order valence-corrected chi connectivity index (χ0v) is 9.60. The van der Waals surface area contributed by atoms with E-state index in [-0.39, 0.29) is 6.23 Å². The SMILES string of the molecule is CN(C)c1ccc([C@H]2OCCN2C)cc1.